The number of esters is 1. The molecule has 0 fully saturated rings. The molecule has 2 unspecified atom stereocenters. The Morgan fingerprint density at radius 1 is 1.05 bits per heavy atom. The summed E-state index contributed by atoms with van der Waals surface area (Å²) in [4.78, 5) is 16.7. The minimum absolute atomic E-state index is 0.0131. The topological polar surface area (TPSA) is 115 Å². The van der Waals surface area contributed by atoms with Gasteiger partial charge in [-0.3, -0.25) is 4.21 Å². The number of benzene rings is 3. The molecule has 2 heterocycles. The first kappa shape index (κ1) is 30.2. The number of halogens is 2. The second-order valence-electron chi connectivity index (χ2n) is 9.50. The molecule has 0 bridgehead atoms. The highest BCUT2D eigenvalue weighted by Crippen LogP contribution is 2.32. The monoisotopic (exact) mass is 633 g/mol. The SMILES string of the molecule is CCOC(=O)c1ccc2cc(-c3ccc(OCc4c(CS(=O)c5c(Cl)cccc5Cl)noc4C(C)C#N)cc3)ccc2n1. The fourth-order valence-corrected chi connectivity index (χ4v) is 6.55. The molecule has 218 valence electrons. The zero-order valence-corrected chi connectivity index (χ0v) is 25.5. The van der Waals surface area contributed by atoms with Crippen LogP contribution in [0.2, 0.25) is 10.0 Å². The molecule has 11 heteroatoms. The maximum atomic E-state index is 13.2. The van der Waals surface area contributed by atoms with E-state index in [1.807, 2.05) is 48.5 Å². The van der Waals surface area contributed by atoms with Gasteiger partial charge in [0.1, 0.15) is 29.7 Å². The summed E-state index contributed by atoms with van der Waals surface area (Å²) in [6.07, 6.45) is 0. The smallest absolute Gasteiger partial charge is 0.356 e. The van der Waals surface area contributed by atoms with E-state index in [-0.39, 0.29) is 24.7 Å². The Morgan fingerprint density at radius 3 is 2.47 bits per heavy atom. The Hall–Kier alpha value is -4.23. The van der Waals surface area contributed by atoms with Gasteiger partial charge in [0.05, 0.1) is 55.2 Å². The standard InChI is InChI=1S/C32H25Cl2N3O5S/c1-3-40-32(38)28-14-10-22-15-21(9-13-27(22)36-28)20-7-11-23(12-8-20)41-17-24-29(37-42-30(24)19(2)16-35)18-43(39)31-25(33)5-4-6-26(31)34/h4-15,19H,3,17-18H2,1-2H3. The zero-order chi connectivity index (χ0) is 30.5. The minimum Gasteiger partial charge on any atom is -0.489 e. The van der Waals surface area contributed by atoms with Crippen molar-refractivity contribution >= 4 is 50.9 Å². The lowest BCUT2D eigenvalue weighted by molar-refractivity contribution is 0.0520. The van der Waals surface area contributed by atoms with E-state index in [1.54, 1.807) is 38.1 Å². The van der Waals surface area contributed by atoms with E-state index in [9.17, 15) is 14.3 Å². The molecule has 0 N–H and O–H groups in total. The quantitative estimate of drug-likeness (QED) is 0.143. The number of pyridine rings is 1. The summed E-state index contributed by atoms with van der Waals surface area (Å²) in [5.41, 5.74) is 3.85. The number of hydrogen-bond acceptors (Lipinski definition) is 8. The summed E-state index contributed by atoms with van der Waals surface area (Å²) in [5.74, 6) is -0.110. The first-order valence-electron chi connectivity index (χ1n) is 13.3. The van der Waals surface area contributed by atoms with E-state index in [4.69, 9.17) is 37.2 Å². The molecule has 43 heavy (non-hydrogen) atoms. The number of rotatable bonds is 10. The van der Waals surface area contributed by atoms with Gasteiger partial charge in [-0.1, -0.05) is 58.7 Å². The van der Waals surface area contributed by atoms with Crippen molar-refractivity contribution in [2.45, 2.75) is 37.0 Å². The van der Waals surface area contributed by atoms with Gasteiger partial charge in [0.2, 0.25) is 0 Å². The molecule has 0 saturated carbocycles. The molecule has 0 aliphatic rings. The van der Waals surface area contributed by atoms with Gasteiger partial charge in [0, 0.05) is 5.39 Å². The van der Waals surface area contributed by atoms with Crippen molar-refractivity contribution in [1.82, 2.24) is 10.1 Å². The molecule has 8 nitrogen and oxygen atoms in total. The van der Waals surface area contributed by atoms with E-state index in [0.29, 0.717) is 43.2 Å². The lowest BCUT2D eigenvalue weighted by Gasteiger charge is -2.10. The van der Waals surface area contributed by atoms with Crippen LogP contribution in [-0.2, 0) is 27.9 Å². The van der Waals surface area contributed by atoms with Gasteiger partial charge >= 0.3 is 5.97 Å². The van der Waals surface area contributed by atoms with Crippen LogP contribution in [0.25, 0.3) is 22.0 Å². The van der Waals surface area contributed by atoms with Gasteiger partial charge in [-0.25, -0.2) is 9.78 Å². The van der Waals surface area contributed by atoms with Crippen molar-refractivity contribution in [2.24, 2.45) is 0 Å². The van der Waals surface area contributed by atoms with Crippen LogP contribution in [-0.4, -0.2) is 26.9 Å². The molecule has 0 amide bonds. The largest absolute Gasteiger partial charge is 0.489 e. The Morgan fingerprint density at radius 2 is 1.77 bits per heavy atom. The second-order valence-corrected chi connectivity index (χ2v) is 11.7. The lowest BCUT2D eigenvalue weighted by atomic mass is 10.0. The van der Waals surface area contributed by atoms with Crippen LogP contribution in [0.15, 0.2) is 82.2 Å². The first-order valence-corrected chi connectivity index (χ1v) is 15.4. The average molecular weight is 635 g/mol. The van der Waals surface area contributed by atoms with Gasteiger partial charge < -0.3 is 14.0 Å². The van der Waals surface area contributed by atoms with Crippen LogP contribution >= 0.6 is 23.2 Å². The van der Waals surface area contributed by atoms with E-state index in [1.165, 1.54) is 0 Å². The number of nitrogens with zero attached hydrogens (tertiary/aromatic N) is 3. The molecule has 0 aliphatic heterocycles. The summed E-state index contributed by atoms with van der Waals surface area (Å²) < 4.78 is 29.8. The molecule has 0 radical (unpaired) electrons. The van der Waals surface area contributed by atoms with Crippen molar-refractivity contribution in [3.63, 3.8) is 0 Å². The fourth-order valence-electron chi connectivity index (χ4n) is 4.44. The van der Waals surface area contributed by atoms with Crippen LogP contribution in [0.4, 0.5) is 0 Å². The third-order valence-electron chi connectivity index (χ3n) is 6.65. The summed E-state index contributed by atoms with van der Waals surface area (Å²) in [6.45, 7) is 3.79. The number of hydrogen-bond donors (Lipinski definition) is 0. The maximum absolute atomic E-state index is 13.2. The van der Waals surface area contributed by atoms with Crippen molar-refractivity contribution in [1.29, 1.82) is 5.26 Å². The van der Waals surface area contributed by atoms with Gasteiger partial charge in [-0.2, -0.15) is 5.26 Å². The number of aromatic nitrogens is 2. The number of nitriles is 1. The predicted molar refractivity (Wildman–Crippen MR) is 165 cm³/mol. The highest BCUT2D eigenvalue weighted by atomic mass is 35.5. The summed E-state index contributed by atoms with van der Waals surface area (Å²) in [7, 11) is -1.61. The summed E-state index contributed by atoms with van der Waals surface area (Å²) >= 11 is 12.5. The van der Waals surface area contributed by atoms with Crippen molar-refractivity contribution in [3.05, 3.63) is 106 Å². The van der Waals surface area contributed by atoms with Crippen LogP contribution in [0.3, 0.4) is 0 Å². The molecule has 0 spiro atoms. The van der Waals surface area contributed by atoms with E-state index < -0.39 is 22.7 Å². The molecular weight excluding hydrogens is 609 g/mol. The van der Waals surface area contributed by atoms with Crippen molar-refractivity contribution in [3.8, 4) is 22.9 Å². The predicted octanol–water partition coefficient (Wildman–Crippen LogP) is 7.89. The normalized spacial score (nSPS) is 12.4. The molecule has 5 rings (SSSR count). The molecule has 2 atom stereocenters. The second kappa shape index (κ2) is 13.4. The zero-order valence-electron chi connectivity index (χ0n) is 23.2. The Balaban J connectivity index is 1.33. The van der Waals surface area contributed by atoms with E-state index >= 15 is 0 Å². The van der Waals surface area contributed by atoms with Gasteiger partial charge in [0.25, 0.3) is 0 Å². The van der Waals surface area contributed by atoms with Gasteiger partial charge in [-0.05, 0) is 67.4 Å². The number of carbonyl (C=O) groups excluding carboxylic acids is 1. The average Bonchev–Trinajstić information content (AvgIpc) is 3.41. The maximum Gasteiger partial charge on any atom is 0.356 e. The first-order chi connectivity index (χ1) is 20.8. The van der Waals surface area contributed by atoms with Crippen molar-refractivity contribution in [2.75, 3.05) is 6.61 Å². The molecule has 3 aromatic carbocycles. The van der Waals surface area contributed by atoms with Crippen LogP contribution in [0.5, 0.6) is 5.75 Å². The number of ether oxygens (including phenoxy) is 2. The summed E-state index contributed by atoms with van der Waals surface area (Å²) in [5, 5.41) is 15.1. The highest BCUT2D eigenvalue weighted by Gasteiger charge is 2.24. The third kappa shape index (κ3) is 6.73. The minimum atomic E-state index is -1.61. The number of carbonyl (C=O) groups is 1. The lowest BCUT2D eigenvalue weighted by Crippen LogP contribution is -2.06. The van der Waals surface area contributed by atoms with Crippen LogP contribution in [0, 0.1) is 11.3 Å². The van der Waals surface area contributed by atoms with Crippen molar-refractivity contribution < 1.29 is 23.0 Å². The molecule has 0 saturated heterocycles. The molecular formula is C32H25Cl2N3O5S. The summed E-state index contributed by atoms with van der Waals surface area (Å²) in [6, 6.07) is 23.9. The third-order valence-corrected chi connectivity index (χ3v) is 8.93. The Bertz CT molecular complexity index is 1850. The van der Waals surface area contributed by atoms with Crippen LogP contribution < -0.4 is 4.74 Å². The van der Waals surface area contributed by atoms with Gasteiger partial charge in [-0.15, -0.1) is 0 Å². The molecule has 2 aromatic heterocycles. The molecule has 0 aliphatic carbocycles. The molecule has 5 aromatic rings. The number of fused-ring (bicyclic) bond motifs is 1. The van der Waals surface area contributed by atoms with E-state index in [2.05, 4.69) is 16.2 Å². The Labute approximate surface area is 260 Å². The fraction of sp³-hybridized carbons (Fsp3) is 0.188. The highest BCUT2D eigenvalue weighted by molar-refractivity contribution is 7.84. The van der Waals surface area contributed by atoms with E-state index in [0.717, 1.165) is 16.5 Å². The van der Waals surface area contributed by atoms with Crippen LogP contribution in [0.1, 0.15) is 47.3 Å². The van der Waals surface area contributed by atoms with Gasteiger partial charge in [0.15, 0.2) is 5.76 Å². The Kier molecular flexibility index (Phi) is 9.41.